The first-order chi connectivity index (χ1) is 7.98. The lowest BCUT2D eigenvalue weighted by Crippen LogP contribution is -2.50. The first-order valence-electron chi connectivity index (χ1n) is 6.47. The van der Waals surface area contributed by atoms with E-state index in [-0.39, 0.29) is 25.0 Å². The molecular weight excluding hydrogens is 231 g/mol. The molecule has 2 aliphatic rings. The fourth-order valence-corrected chi connectivity index (χ4v) is 3.08. The molecule has 0 radical (unpaired) electrons. The van der Waals surface area contributed by atoms with Crippen LogP contribution in [0.5, 0.6) is 0 Å². The molecule has 0 unspecified atom stereocenters. The monoisotopic (exact) mass is 251 g/mol. The second-order valence-corrected chi connectivity index (χ2v) is 5.27. The van der Waals surface area contributed by atoms with Gasteiger partial charge >= 0.3 is 6.18 Å². The predicted molar refractivity (Wildman–Crippen MR) is 58.6 cm³/mol. The molecule has 1 N–H and O–H groups in total. The first-order valence-corrected chi connectivity index (χ1v) is 6.47. The molecule has 0 amide bonds. The molecule has 2 atom stereocenters. The highest BCUT2D eigenvalue weighted by Crippen LogP contribution is 2.36. The molecule has 0 aromatic rings. The Bertz CT molecular complexity index is 249. The maximum absolute atomic E-state index is 12.5. The van der Waals surface area contributed by atoms with E-state index < -0.39 is 12.1 Å². The van der Waals surface area contributed by atoms with Gasteiger partial charge in [0.2, 0.25) is 0 Å². The summed E-state index contributed by atoms with van der Waals surface area (Å²) in [6.45, 7) is 0.956. The molecule has 1 heterocycles. The van der Waals surface area contributed by atoms with Gasteiger partial charge in [-0.15, -0.1) is 0 Å². The molecule has 2 rings (SSSR count). The van der Waals surface area contributed by atoms with E-state index in [1.165, 1.54) is 0 Å². The largest absolute Gasteiger partial charge is 0.391 e. The van der Waals surface area contributed by atoms with Crippen molar-refractivity contribution in [3.8, 4) is 0 Å². The van der Waals surface area contributed by atoms with Gasteiger partial charge in [-0.3, -0.25) is 4.90 Å². The van der Waals surface area contributed by atoms with Gasteiger partial charge < -0.3 is 5.11 Å². The van der Waals surface area contributed by atoms with Crippen LogP contribution in [0, 0.1) is 5.92 Å². The molecule has 0 aromatic carbocycles. The van der Waals surface area contributed by atoms with Crippen LogP contribution in [0.4, 0.5) is 13.2 Å². The Morgan fingerprint density at radius 1 is 0.941 bits per heavy atom. The number of likely N-dealkylation sites (tertiary alicyclic amines) is 1. The summed E-state index contributed by atoms with van der Waals surface area (Å²) in [5.74, 6) is -1.14. The van der Waals surface area contributed by atoms with E-state index in [2.05, 4.69) is 4.90 Å². The van der Waals surface area contributed by atoms with Crippen LogP contribution < -0.4 is 0 Å². The van der Waals surface area contributed by atoms with E-state index in [9.17, 15) is 18.3 Å². The van der Waals surface area contributed by atoms with Gasteiger partial charge in [-0.1, -0.05) is 12.8 Å². The number of piperidine rings is 1. The third-order valence-electron chi connectivity index (χ3n) is 4.16. The molecule has 5 heteroatoms. The molecule has 1 aliphatic heterocycles. The third kappa shape index (κ3) is 3.13. The van der Waals surface area contributed by atoms with Crippen LogP contribution in [0.2, 0.25) is 0 Å². The Hall–Kier alpha value is -0.290. The van der Waals surface area contributed by atoms with E-state index in [1.807, 2.05) is 0 Å². The molecule has 17 heavy (non-hydrogen) atoms. The molecule has 1 saturated carbocycles. The van der Waals surface area contributed by atoms with Crippen molar-refractivity contribution >= 4 is 0 Å². The summed E-state index contributed by atoms with van der Waals surface area (Å²) in [6.07, 6.45) is -0.165. The lowest BCUT2D eigenvalue weighted by molar-refractivity contribution is -0.187. The fourth-order valence-electron chi connectivity index (χ4n) is 3.08. The second kappa shape index (κ2) is 5.14. The Kier molecular flexibility index (Phi) is 3.98. The number of nitrogens with zero attached hydrogens (tertiary/aromatic N) is 1. The van der Waals surface area contributed by atoms with Gasteiger partial charge in [0.1, 0.15) is 0 Å². The molecule has 2 nitrogen and oxygen atoms in total. The van der Waals surface area contributed by atoms with Crippen molar-refractivity contribution in [1.29, 1.82) is 0 Å². The zero-order valence-corrected chi connectivity index (χ0v) is 9.92. The molecule has 0 aromatic heterocycles. The van der Waals surface area contributed by atoms with Gasteiger partial charge in [0.05, 0.1) is 12.0 Å². The maximum atomic E-state index is 12.5. The molecule has 0 bridgehead atoms. The predicted octanol–water partition coefficient (Wildman–Crippen LogP) is 2.56. The van der Waals surface area contributed by atoms with E-state index in [0.717, 1.165) is 25.7 Å². The number of halogens is 3. The van der Waals surface area contributed by atoms with Crippen molar-refractivity contribution < 1.29 is 18.3 Å². The molecular formula is C12H20F3NO. The number of hydrogen-bond acceptors (Lipinski definition) is 2. The van der Waals surface area contributed by atoms with Gasteiger partial charge in [-0.2, -0.15) is 13.2 Å². The normalized spacial score (nSPS) is 33.9. The minimum absolute atomic E-state index is 0.0953. The van der Waals surface area contributed by atoms with Crippen LogP contribution in [0.15, 0.2) is 0 Å². The fraction of sp³-hybridized carbons (Fsp3) is 1.00. The average molecular weight is 251 g/mol. The zero-order valence-electron chi connectivity index (χ0n) is 9.92. The van der Waals surface area contributed by atoms with Crippen LogP contribution in [0.1, 0.15) is 38.5 Å². The standard InChI is InChI=1S/C12H20F3NO/c13-12(14,15)9-5-7-16(8-6-9)10-3-1-2-4-11(10)17/h9-11,17H,1-8H2/t10-,11-/m0/s1. The molecule has 1 aliphatic carbocycles. The quantitative estimate of drug-likeness (QED) is 0.774. The highest BCUT2D eigenvalue weighted by atomic mass is 19.4. The third-order valence-corrected chi connectivity index (χ3v) is 4.16. The van der Waals surface area contributed by atoms with Crippen molar-refractivity contribution in [3.63, 3.8) is 0 Å². The Morgan fingerprint density at radius 2 is 1.53 bits per heavy atom. The summed E-state index contributed by atoms with van der Waals surface area (Å²) in [5.41, 5.74) is 0. The van der Waals surface area contributed by atoms with E-state index in [0.29, 0.717) is 13.1 Å². The summed E-state index contributed by atoms with van der Waals surface area (Å²) in [7, 11) is 0. The summed E-state index contributed by atoms with van der Waals surface area (Å²) in [5, 5.41) is 9.88. The highest BCUT2D eigenvalue weighted by Gasteiger charge is 2.42. The van der Waals surface area contributed by atoms with Crippen LogP contribution in [-0.2, 0) is 0 Å². The summed E-state index contributed by atoms with van der Waals surface area (Å²) in [6, 6.07) is 0.0953. The SMILES string of the molecule is O[C@H]1CCCC[C@@H]1N1CCC(C(F)(F)F)CC1. The molecule has 1 saturated heterocycles. The van der Waals surface area contributed by atoms with Crippen LogP contribution in [-0.4, -0.2) is 41.4 Å². The number of aliphatic hydroxyl groups is 1. The van der Waals surface area contributed by atoms with Crippen LogP contribution in [0.3, 0.4) is 0 Å². The van der Waals surface area contributed by atoms with E-state index >= 15 is 0 Å². The Balaban J connectivity index is 1.86. The Labute approximate surface area is 99.8 Å². The van der Waals surface area contributed by atoms with E-state index in [1.54, 1.807) is 0 Å². The lowest BCUT2D eigenvalue weighted by atomic mass is 9.88. The maximum Gasteiger partial charge on any atom is 0.391 e. The molecule has 2 fully saturated rings. The molecule has 0 spiro atoms. The van der Waals surface area contributed by atoms with Crippen LogP contribution >= 0.6 is 0 Å². The average Bonchev–Trinajstić information content (AvgIpc) is 2.29. The Morgan fingerprint density at radius 3 is 2.06 bits per heavy atom. The van der Waals surface area contributed by atoms with Crippen molar-refractivity contribution in [2.75, 3.05) is 13.1 Å². The second-order valence-electron chi connectivity index (χ2n) is 5.27. The first kappa shape index (κ1) is 13.1. The number of rotatable bonds is 1. The smallest absolute Gasteiger partial charge is 0.391 e. The van der Waals surface area contributed by atoms with Crippen molar-refractivity contribution in [2.45, 2.75) is 56.8 Å². The summed E-state index contributed by atoms with van der Waals surface area (Å²) in [4.78, 5) is 2.06. The zero-order chi connectivity index (χ0) is 12.5. The van der Waals surface area contributed by atoms with Gasteiger partial charge in [-0.25, -0.2) is 0 Å². The topological polar surface area (TPSA) is 23.5 Å². The van der Waals surface area contributed by atoms with E-state index in [4.69, 9.17) is 0 Å². The van der Waals surface area contributed by atoms with Gasteiger partial charge in [-0.05, 0) is 38.8 Å². The lowest BCUT2D eigenvalue weighted by Gasteiger charge is -2.41. The van der Waals surface area contributed by atoms with Crippen molar-refractivity contribution in [2.24, 2.45) is 5.92 Å². The van der Waals surface area contributed by atoms with Gasteiger partial charge in [0.15, 0.2) is 0 Å². The van der Waals surface area contributed by atoms with Gasteiger partial charge in [0.25, 0.3) is 0 Å². The summed E-state index contributed by atoms with van der Waals surface area (Å²) < 4.78 is 37.6. The molecule has 100 valence electrons. The summed E-state index contributed by atoms with van der Waals surface area (Å²) >= 11 is 0. The highest BCUT2D eigenvalue weighted by molar-refractivity contribution is 4.87. The van der Waals surface area contributed by atoms with Crippen molar-refractivity contribution in [3.05, 3.63) is 0 Å². The minimum atomic E-state index is -4.04. The van der Waals surface area contributed by atoms with Crippen molar-refractivity contribution in [1.82, 2.24) is 4.90 Å². The number of alkyl halides is 3. The minimum Gasteiger partial charge on any atom is -0.391 e. The number of aliphatic hydroxyl groups excluding tert-OH is 1. The van der Waals surface area contributed by atoms with Crippen LogP contribution in [0.25, 0.3) is 0 Å². The van der Waals surface area contributed by atoms with Gasteiger partial charge in [0, 0.05) is 6.04 Å². The number of hydrogen-bond donors (Lipinski definition) is 1.